The van der Waals surface area contributed by atoms with Gasteiger partial charge in [-0.3, -0.25) is 9.59 Å². The molecule has 2 aromatic rings. The van der Waals surface area contributed by atoms with Gasteiger partial charge in [0.05, 0.1) is 11.1 Å². The lowest BCUT2D eigenvalue weighted by atomic mass is 10.1. The minimum atomic E-state index is -0.431. The molecule has 0 atom stereocenters. The van der Waals surface area contributed by atoms with Gasteiger partial charge < -0.3 is 4.84 Å². The van der Waals surface area contributed by atoms with Crippen LogP contribution in [0.25, 0.3) is 0 Å². The molecule has 0 aliphatic carbocycles. The lowest BCUT2D eigenvalue weighted by molar-refractivity contribution is -0.0141. The predicted octanol–water partition coefficient (Wildman–Crippen LogP) is 2.88. The normalized spacial score (nSPS) is 13.6. The van der Waals surface area contributed by atoms with Gasteiger partial charge in [0.25, 0.3) is 11.8 Å². The van der Waals surface area contributed by atoms with E-state index in [2.05, 4.69) is 22.6 Å². The number of carbonyl (C=O) groups is 2. The zero-order valence-electron chi connectivity index (χ0n) is 9.67. The molecule has 0 unspecified atom stereocenters. The fourth-order valence-electron chi connectivity index (χ4n) is 1.85. The van der Waals surface area contributed by atoms with Gasteiger partial charge in [-0.15, -0.1) is 0 Å². The summed E-state index contributed by atoms with van der Waals surface area (Å²) in [5, 5.41) is 0.798. The van der Waals surface area contributed by atoms with Gasteiger partial charge in [0, 0.05) is 3.57 Å². The molecule has 4 nitrogen and oxygen atoms in total. The average molecular weight is 365 g/mol. The maximum atomic E-state index is 12.1. The Morgan fingerprint density at radius 2 is 1.37 bits per heavy atom. The number of benzene rings is 2. The molecule has 1 aliphatic rings. The van der Waals surface area contributed by atoms with Gasteiger partial charge in [-0.25, -0.2) is 0 Å². The molecule has 1 aliphatic heterocycles. The Morgan fingerprint density at radius 3 is 1.89 bits per heavy atom. The third kappa shape index (κ3) is 2.10. The fraction of sp³-hybridized carbons (Fsp3) is 0. The zero-order chi connectivity index (χ0) is 13.4. The van der Waals surface area contributed by atoms with Crippen LogP contribution in [0.5, 0.6) is 5.75 Å². The highest BCUT2D eigenvalue weighted by molar-refractivity contribution is 14.1. The van der Waals surface area contributed by atoms with Crippen LogP contribution >= 0.6 is 22.6 Å². The molecule has 0 saturated heterocycles. The topological polar surface area (TPSA) is 46.6 Å². The Hall–Kier alpha value is -1.89. The van der Waals surface area contributed by atoms with Crippen LogP contribution in [0.15, 0.2) is 48.5 Å². The van der Waals surface area contributed by atoms with Gasteiger partial charge >= 0.3 is 0 Å². The van der Waals surface area contributed by atoms with Gasteiger partial charge in [0.2, 0.25) is 0 Å². The Labute approximate surface area is 123 Å². The monoisotopic (exact) mass is 365 g/mol. The van der Waals surface area contributed by atoms with Crippen LogP contribution in [-0.4, -0.2) is 16.9 Å². The van der Waals surface area contributed by atoms with Gasteiger partial charge in [-0.1, -0.05) is 17.2 Å². The van der Waals surface area contributed by atoms with Gasteiger partial charge in [0.15, 0.2) is 5.75 Å². The van der Waals surface area contributed by atoms with Crippen LogP contribution in [0, 0.1) is 3.57 Å². The van der Waals surface area contributed by atoms with E-state index >= 15 is 0 Å². The standard InChI is InChI=1S/C14H8INO3/c15-9-5-7-10(8-6-9)19-16-13(17)11-3-1-2-4-12(11)14(16)18/h1-8H. The Balaban J connectivity index is 1.90. The minimum Gasteiger partial charge on any atom is -0.368 e. The van der Waals surface area contributed by atoms with E-state index in [4.69, 9.17) is 4.84 Å². The van der Waals surface area contributed by atoms with Crippen LogP contribution < -0.4 is 4.84 Å². The fourth-order valence-corrected chi connectivity index (χ4v) is 2.21. The molecule has 0 fully saturated rings. The Morgan fingerprint density at radius 1 is 0.842 bits per heavy atom. The average Bonchev–Trinajstić information content (AvgIpc) is 2.67. The number of halogens is 1. The third-order valence-electron chi connectivity index (χ3n) is 2.77. The molecule has 0 bridgehead atoms. The lowest BCUT2D eigenvalue weighted by Crippen LogP contribution is -2.33. The molecule has 2 amide bonds. The number of amides is 2. The number of imide groups is 1. The molecule has 0 N–H and O–H groups in total. The summed E-state index contributed by atoms with van der Waals surface area (Å²) < 4.78 is 1.05. The summed E-state index contributed by atoms with van der Waals surface area (Å²) in [5.41, 5.74) is 0.746. The van der Waals surface area contributed by atoms with Crippen LogP contribution in [0.3, 0.4) is 0 Å². The second-order valence-electron chi connectivity index (χ2n) is 4.00. The van der Waals surface area contributed by atoms with E-state index in [1.165, 1.54) is 0 Å². The van der Waals surface area contributed by atoms with Crippen molar-refractivity contribution in [3.05, 3.63) is 63.2 Å². The first-order valence-corrected chi connectivity index (χ1v) is 6.66. The number of hydroxylamine groups is 2. The van der Waals surface area contributed by atoms with E-state index in [-0.39, 0.29) is 0 Å². The van der Waals surface area contributed by atoms with E-state index in [0.717, 1.165) is 8.63 Å². The van der Waals surface area contributed by atoms with Crippen LogP contribution in [0.2, 0.25) is 0 Å². The summed E-state index contributed by atoms with van der Waals surface area (Å²) in [6.07, 6.45) is 0. The number of rotatable bonds is 2. The molecule has 94 valence electrons. The molecule has 2 aromatic carbocycles. The second-order valence-corrected chi connectivity index (χ2v) is 5.24. The van der Waals surface area contributed by atoms with Crippen molar-refractivity contribution in [2.24, 2.45) is 0 Å². The second kappa shape index (κ2) is 4.65. The highest BCUT2D eigenvalue weighted by atomic mass is 127. The van der Waals surface area contributed by atoms with Crippen molar-refractivity contribution in [1.29, 1.82) is 0 Å². The van der Waals surface area contributed by atoms with Crippen molar-refractivity contribution < 1.29 is 14.4 Å². The van der Waals surface area contributed by atoms with Crippen LogP contribution in [-0.2, 0) is 0 Å². The maximum absolute atomic E-state index is 12.1. The number of fused-ring (bicyclic) bond motifs is 1. The van der Waals surface area contributed by atoms with Crippen molar-refractivity contribution in [2.45, 2.75) is 0 Å². The van der Waals surface area contributed by atoms with E-state index in [1.54, 1.807) is 36.4 Å². The van der Waals surface area contributed by atoms with Crippen molar-refractivity contribution >= 4 is 34.4 Å². The zero-order valence-corrected chi connectivity index (χ0v) is 11.8. The summed E-state index contributed by atoms with van der Waals surface area (Å²) in [7, 11) is 0. The number of hydrogen-bond donors (Lipinski definition) is 0. The molecule has 0 saturated carbocycles. The largest absolute Gasteiger partial charge is 0.368 e. The quantitative estimate of drug-likeness (QED) is 0.608. The Bertz CT molecular complexity index is 632. The molecule has 0 spiro atoms. The third-order valence-corrected chi connectivity index (χ3v) is 3.49. The number of nitrogens with zero attached hydrogens (tertiary/aromatic N) is 1. The van der Waals surface area contributed by atoms with Crippen LogP contribution in [0.4, 0.5) is 0 Å². The lowest BCUT2D eigenvalue weighted by Gasteiger charge is -2.14. The smallest absolute Gasteiger partial charge is 0.295 e. The van der Waals surface area contributed by atoms with Crippen molar-refractivity contribution in [3.8, 4) is 5.75 Å². The minimum absolute atomic E-state index is 0.373. The van der Waals surface area contributed by atoms with Crippen molar-refractivity contribution in [2.75, 3.05) is 0 Å². The molecule has 19 heavy (non-hydrogen) atoms. The predicted molar refractivity (Wildman–Crippen MR) is 76.7 cm³/mol. The van der Waals surface area contributed by atoms with Gasteiger partial charge in [-0.05, 0) is 59.0 Å². The SMILES string of the molecule is O=C1c2ccccc2C(=O)N1Oc1ccc(I)cc1. The number of hydrogen-bond acceptors (Lipinski definition) is 3. The first kappa shape index (κ1) is 12.2. The summed E-state index contributed by atoms with van der Waals surface area (Å²) >= 11 is 2.17. The molecule has 3 rings (SSSR count). The molecule has 5 heteroatoms. The molecule has 0 aromatic heterocycles. The molecule has 1 heterocycles. The van der Waals surface area contributed by atoms with E-state index in [9.17, 15) is 9.59 Å². The first-order valence-electron chi connectivity index (χ1n) is 5.58. The summed E-state index contributed by atoms with van der Waals surface area (Å²) in [6.45, 7) is 0. The molecular weight excluding hydrogens is 357 g/mol. The highest BCUT2D eigenvalue weighted by Crippen LogP contribution is 2.24. The summed E-state index contributed by atoms with van der Waals surface area (Å²) in [4.78, 5) is 29.5. The number of carbonyl (C=O) groups excluding carboxylic acids is 2. The molecule has 0 radical (unpaired) electrons. The van der Waals surface area contributed by atoms with Gasteiger partial charge in [-0.2, -0.15) is 0 Å². The Kier molecular flexibility index (Phi) is 2.98. The van der Waals surface area contributed by atoms with E-state index in [0.29, 0.717) is 16.9 Å². The van der Waals surface area contributed by atoms with E-state index < -0.39 is 11.8 Å². The highest BCUT2D eigenvalue weighted by Gasteiger charge is 2.37. The summed E-state index contributed by atoms with van der Waals surface area (Å²) in [5.74, 6) is -0.409. The maximum Gasteiger partial charge on any atom is 0.295 e. The molecular formula is C14H8INO3. The summed E-state index contributed by atoms with van der Waals surface area (Å²) in [6, 6.07) is 13.8. The van der Waals surface area contributed by atoms with E-state index in [1.807, 2.05) is 12.1 Å². The van der Waals surface area contributed by atoms with Gasteiger partial charge in [0.1, 0.15) is 0 Å². The van der Waals surface area contributed by atoms with Crippen molar-refractivity contribution in [1.82, 2.24) is 5.06 Å². The first-order chi connectivity index (χ1) is 9.16. The van der Waals surface area contributed by atoms with Crippen LogP contribution in [0.1, 0.15) is 20.7 Å². The van der Waals surface area contributed by atoms with Crippen molar-refractivity contribution in [3.63, 3.8) is 0 Å².